The van der Waals surface area contributed by atoms with Crippen molar-refractivity contribution in [2.45, 2.75) is 37.7 Å². The van der Waals surface area contributed by atoms with Crippen LogP contribution in [0.4, 0.5) is 4.79 Å². The second kappa shape index (κ2) is 7.88. The van der Waals surface area contributed by atoms with Gasteiger partial charge in [-0.05, 0) is 25.0 Å². The Bertz CT molecular complexity index is 430. The third-order valence-corrected chi connectivity index (χ3v) is 3.76. The fourth-order valence-corrected chi connectivity index (χ4v) is 2.54. The highest BCUT2D eigenvalue weighted by Crippen LogP contribution is 2.27. The van der Waals surface area contributed by atoms with E-state index < -0.39 is 5.60 Å². The quantitative estimate of drug-likeness (QED) is 0.703. The summed E-state index contributed by atoms with van der Waals surface area (Å²) in [6.45, 7) is 1.17. The molecule has 0 bridgehead atoms. The summed E-state index contributed by atoms with van der Waals surface area (Å²) in [4.78, 5) is 11.7. The Hall–Kier alpha value is -1.75. The summed E-state index contributed by atoms with van der Waals surface area (Å²) in [5, 5.41) is 15.7. The normalized spacial score (nSPS) is 17.0. The Labute approximate surface area is 125 Å². The van der Waals surface area contributed by atoms with E-state index in [9.17, 15) is 9.90 Å². The molecule has 1 aliphatic carbocycles. The summed E-state index contributed by atoms with van der Waals surface area (Å²) in [6, 6.07) is 9.22. The van der Waals surface area contributed by atoms with E-state index >= 15 is 0 Å². The highest BCUT2D eigenvalue weighted by molar-refractivity contribution is 5.73. The average molecular weight is 292 g/mol. The number of benzene rings is 1. The van der Waals surface area contributed by atoms with E-state index in [-0.39, 0.29) is 6.03 Å². The first-order valence-electron chi connectivity index (χ1n) is 7.60. The molecule has 0 spiro atoms. The summed E-state index contributed by atoms with van der Waals surface area (Å²) >= 11 is 0. The first-order valence-corrected chi connectivity index (χ1v) is 7.60. The van der Waals surface area contributed by atoms with Crippen molar-refractivity contribution in [1.82, 2.24) is 10.6 Å². The number of hydrogen-bond donors (Lipinski definition) is 3. The minimum absolute atomic E-state index is 0.259. The predicted octanol–water partition coefficient (Wildman–Crippen LogP) is 2.06. The van der Waals surface area contributed by atoms with Crippen molar-refractivity contribution in [1.29, 1.82) is 0 Å². The molecule has 0 unspecified atom stereocenters. The summed E-state index contributed by atoms with van der Waals surface area (Å²) in [6.07, 6.45) is 4.77. The number of hydrogen-bond acceptors (Lipinski definition) is 3. The van der Waals surface area contributed by atoms with Gasteiger partial charge in [0.1, 0.15) is 12.4 Å². The van der Waals surface area contributed by atoms with Gasteiger partial charge in [-0.1, -0.05) is 37.5 Å². The zero-order chi connectivity index (χ0) is 15.0. The number of ether oxygens (including phenoxy) is 1. The van der Waals surface area contributed by atoms with E-state index in [0.29, 0.717) is 19.7 Å². The molecule has 0 radical (unpaired) electrons. The van der Waals surface area contributed by atoms with E-state index in [1.807, 2.05) is 30.3 Å². The number of urea groups is 1. The molecule has 0 aliphatic heterocycles. The van der Waals surface area contributed by atoms with Gasteiger partial charge in [-0.2, -0.15) is 0 Å². The molecule has 1 aromatic carbocycles. The number of rotatable bonds is 6. The summed E-state index contributed by atoms with van der Waals surface area (Å²) in [7, 11) is 0. The summed E-state index contributed by atoms with van der Waals surface area (Å²) in [5.41, 5.74) is -0.726. The average Bonchev–Trinajstić information content (AvgIpc) is 2.51. The molecule has 1 saturated carbocycles. The van der Waals surface area contributed by atoms with Crippen LogP contribution < -0.4 is 15.4 Å². The lowest BCUT2D eigenvalue weighted by Crippen LogP contribution is -2.47. The van der Waals surface area contributed by atoms with Gasteiger partial charge in [-0.15, -0.1) is 0 Å². The molecule has 116 valence electrons. The van der Waals surface area contributed by atoms with Crippen LogP contribution in [0.25, 0.3) is 0 Å². The van der Waals surface area contributed by atoms with Crippen molar-refractivity contribution < 1.29 is 14.6 Å². The molecular weight excluding hydrogens is 268 g/mol. The molecule has 0 saturated heterocycles. The van der Waals surface area contributed by atoms with Crippen LogP contribution in [0.1, 0.15) is 32.1 Å². The molecule has 1 aromatic rings. The Morgan fingerprint density at radius 2 is 1.86 bits per heavy atom. The van der Waals surface area contributed by atoms with Crippen LogP contribution in [0.15, 0.2) is 30.3 Å². The van der Waals surface area contributed by atoms with Crippen LogP contribution in [0.5, 0.6) is 5.75 Å². The van der Waals surface area contributed by atoms with Crippen molar-refractivity contribution in [3.05, 3.63) is 30.3 Å². The summed E-state index contributed by atoms with van der Waals surface area (Å²) < 4.78 is 5.48. The van der Waals surface area contributed by atoms with E-state index in [1.54, 1.807) is 0 Å². The summed E-state index contributed by atoms with van der Waals surface area (Å²) in [5.74, 6) is 0.788. The highest BCUT2D eigenvalue weighted by Gasteiger charge is 2.29. The van der Waals surface area contributed by atoms with Gasteiger partial charge in [0, 0.05) is 6.54 Å². The standard InChI is InChI=1S/C16H24N2O3/c19-15(18-13-16(20)9-5-2-6-10-16)17-11-12-21-14-7-3-1-4-8-14/h1,3-4,7-8,20H,2,5-6,9-13H2,(H2,17,18,19). The van der Waals surface area contributed by atoms with Crippen LogP contribution in [0, 0.1) is 0 Å². The second-order valence-corrected chi connectivity index (χ2v) is 5.56. The zero-order valence-corrected chi connectivity index (χ0v) is 12.3. The molecule has 5 nitrogen and oxygen atoms in total. The number of carbonyl (C=O) groups excluding carboxylic acids is 1. The Morgan fingerprint density at radius 3 is 2.57 bits per heavy atom. The van der Waals surface area contributed by atoms with E-state index in [2.05, 4.69) is 10.6 Å². The number of aliphatic hydroxyl groups is 1. The van der Waals surface area contributed by atoms with Crippen molar-refractivity contribution in [3.8, 4) is 5.75 Å². The number of para-hydroxylation sites is 1. The van der Waals surface area contributed by atoms with Gasteiger partial charge in [-0.25, -0.2) is 4.79 Å². The molecule has 0 aromatic heterocycles. The van der Waals surface area contributed by atoms with Crippen molar-refractivity contribution in [2.75, 3.05) is 19.7 Å². The predicted molar refractivity (Wildman–Crippen MR) is 81.4 cm³/mol. The highest BCUT2D eigenvalue weighted by atomic mass is 16.5. The SMILES string of the molecule is O=C(NCCOc1ccccc1)NCC1(O)CCCCC1. The lowest BCUT2D eigenvalue weighted by Gasteiger charge is -2.32. The van der Waals surface area contributed by atoms with Gasteiger partial charge < -0.3 is 20.5 Å². The Kier molecular flexibility index (Phi) is 5.87. The van der Waals surface area contributed by atoms with Crippen molar-refractivity contribution >= 4 is 6.03 Å². The topological polar surface area (TPSA) is 70.6 Å². The maximum atomic E-state index is 11.7. The molecule has 5 heteroatoms. The molecule has 21 heavy (non-hydrogen) atoms. The van der Waals surface area contributed by atoms with Gasteiger partial charge >= 0.3 is 6.03 Å². The molecule has 2 rings (SSSR count). The smallest absolute Gasteiger partial charge is 0.315 e. The van der Waals surface area contributed by atoms with Crippen LogP contribution in [0.2, 0.25) is 0 Å². The van der Waals surface area contributed by atoms with Crippen LogP contribution in [-0.4, -0.2) is 36.4 Å². The maximum Gasteiger partial charge on any atom is 0.315 e. The van der Waals surface area contributed by atoms with Crippen LogP contribution in [-0.2, 0) is 0 Å². The Balaban J connectivity index is 1.57. The van der Waals surface area contributed by atoms with Gasteiger partial charge in [-0.3, -0.25) is 0 Å². The minimum atomic E-state index is -0.726. The molecule has 2 amide bonds. The molecular formula is C16H24N2O3. The lowest BCUT2D eigenvalue weighted by molar-refractivity contribution is 0.00719. The van der Waals surface area contributed by atoms with Crippen molar-refractivity contribution in [3.63, 3.8) is 0 Å². The zero-order valence-electron chi connectivity index (χ0n) is 12.3. The first kappa shape index (κ1) is 15.6. The van der Waals surface area contributed by atoms with Crippen LogP contribution in [0.3, 0.4) is 0 Å². The lowest BCUT2D eigenvalue weighted by atomic mass is 9.85. The number of carbonyl (C=O) groups is 1. The third-order valence-electron chi connectivity index (χ3n) is 3.76. The third kappa shape index (κ3) is 5.63. The maximum absolute atomic E-state index is 11.7. The first-order chi connectivity index (χ1) is 10.2. The largest absolute Gasteiger partial charge is 0.492 e. The molecule has 1 fully saturated rings. The van der Waals surface area contributed by atoms with Gasteiger partial charge in [0.2, 0.25) is 0 Å². The van der Waals surface area contributed by atoms with Gasteiger partial charge in [0.25, 0.3) is 0 Å². The second-order valence-electron chi connectivity index (χ2n) is 5.56. The molecule has 1 aliphatic rings. The van der Waals surface area contributed by atoms with E-state index in [0.717, 1.165) is 31.4 Å². The monoisotopic (exact) mass is 292 g/mol. The van der Waals surface area contributed by atoms with Crippen molar-refractivity contribution in [2.24, 2.45) is 0 Å². The van der Waals surface area contributed by atoms with Gasteiger partial charge in [0.05, 0.1) is 12.1 Å². The molecule has 0 atom stereocenters. The fraction of sp³-hybridized carbons (Fsp3) is 0.562. The van der Waals surface area contributed by atoms with E-state index in [1.165, 1.54) is 6.42 Å². The van der Waals surface area contributed by atoms with Crippen LogP contribution >= 0.6 is 0 Å². The van der Waals surface area contributed by atoms with E-state index in [4.69, 9.17) is 4.74 Å². The fourth-order valence-electron chi connectivity index (χ4n) is 2.54. The minimum Gasteiger partial charge on any atom is -0.492 e. The molecule has 0 heterocycles. The number of amides is 2. The Morgan fingerprint density at radius 1 is 1.14 bits per heavy atom. The van der Waals surface area contributed by atoms with Gasteiger partial charge in [0.15, 0.2) is 0 Å². The molecule has 3 N–H and O–H groups in total. The number of nitrogens with one attached hydrogen (secondary N) is 2.